The summed E-state index contributed by atoms with van der Waals surface area (Å²) in [4.78, 5) is 24.3. The van der Waals surface area contributed by atoms with Gasteiger partial charge in [-0.1, -0.05) is 12.1 Å². The van der Waals surface area contributed by atoms with Crippen LogP contribution < -0.4 is 25.6 Å². The van der Waals surface area contributed by atoms with Crippen LogP contribution in [0.1, 0.15) is 24.8 Å². The summed E-state index contributed by atoms with van der Waals surface area (Å²) in [6, 6.07) is 7.81. The molecule has 4 rings (SSSR count). The lowest BCUT2D eigenvalue weighted by Crippen LogP contribution is -2.37. The molecule has 2 aliphatic rings. The van der Waals surface area contributed by atoms with Crippen LogP contribution in [0.2, 0.25) is 0 Å². The number of hydrogen-bond donors (Lipinski definition) is 4. The first kappa shape index (κ1) is 26.1. The van der Waals surface area contributed by atoms with E-state index in [9.17, 15) is 9.90 Å². The molecule has 4 N–H and O–H groups in total. The van der Waals surface area contributed by atoms with Gasteiger partial charge < -0.3 is 35.4 Å². The summed E-state index contributed by atoms with van der Waals surface area (Å²) in [7, 11) is 3.48. The number of aromatic nitrogens is 2. The zero-order valence-corrected chi connectivity index (χ0v) is 21.4. The molecule has 2 aromatic rings. The highest BCUT2D eigenvalue weighted by Crippen LogP contribution is 2.33. The summed E-state index contributed by atoms with van der Waals surface area (Å²) in [6.45, 7) is 5.56. The Bertz CT molecular complexity index is 1030. The Morgan fingerprint density at radius 2 is 2.06 bits per heavy atom. The quantitative estimate of drug-likeness (QED) is 0.387. The van der Waals surface area contributed by atoms with Crippen LogP contribution in [0.15, 0.2) is 24.3 Å². The van der Waals surface area contributed by atoms with Gasteiger partial charge in [0, 0.05) is 49.8 Å². The molecule has 0 radical (unpaired) electrons. The topological polar surface area (TPSA) is 121 Å². The lowest BCUT2D eigenvalue weighted by atomic mass is 10.1. The van der Waals surface area contributed by atoms with Crippen LogP contribution >= 0.6 is 0 Å². The third kappa shape index (κ3) is 6.43. The van der Waals surface area contributed by atoms with Crippen LogP contribution in [-0.2, 0) is 9.53 Å². The van der Waals surface area contributed by atoms with Gasteiger partial charge in [-0.15, -0.1) is 0 Å². The maximum absolute atomic E-state index is 12.1. The fourth-order valence-corrected chi connectivity index (χ4v) is 4.82. The van der Waals surface area contributed by atoms with E-state index in [0.29, 0.717) is 31.3 Å². The average Bonchev–Trinajstić information content (AvgIpc) is 3.37. The van der Waals surface area contributed by atoms with Crippen molar-refractivity contribution in [1.29, 1.82) is 0 Å². The number of amides is 1. The molecule has 1 aromatic heterocycles. The minimum absolute atomic E-state index is 0.0277. The first-order chi connectivity index (χ1) is 17.5. The Hall–Kier alpha value is -2.95. The minimum Gasteiger partial charge on any atom is -0.491 e. The van der Waals surface area contributed by atoms with E-state index in [1.165, 1.54) is 0 Å². The summed E-state index contributed by atoms with van der Waals surface area (Å²) in [6.07, 6.45) is 1.97. The number of carbonyl (C=O) groups is 1. The predicted octanol–water partition coefficient (Wildman–Crippen LogP) is 1.57. The lowest BCUT2D eigenvalue weighted by Gasteiger charge is -2.30. The van der Waals surface area contributed by atoms with E-state index in [1.807, 2.05) is 31.2 Å². The van der Waals surface area contributed by atoms with Crippen LogP contribution in [0.3, 0.4) is 0 Å². The number of benzene rings is 1. The van der Waals surface area contributed by atoms with Crippen molar-refractivity contribution >= 4 is 17.5 Å². The van der Waals surface area contributed by atoms with Gasteiger partial charge in [0.1, 0.15) is 30.1 Å². The van der Waals surface area contributed by atoms with Crippen molar-refractivity contribution in [1.82, 2.24) is 20.6 Å². The Balaban J connectivity index is 1.60. The first-order valence-electron chi connectivity index (χ1n) is 12.7. The van der Waals surface area contributed by atoms with E-state index >= 15 is 0 Å². The predicted molar refractivity (Wildman–Crippen MR) is 139 cm³/mol. The molecular weight excluding hydrogens is 460 g/mol. The second-order valence-corrected chi connectivity index (χ2v) is 9.46. The monoisotopic (exact) mass is 498 g/mol. The van der Waals surface area contributed by atoms with Gasteiger partial charge in [-0.3, -0.25) is 4.79 Å². The Morgan fingerprint density at radius 1 is 1.25 bits per heavy atom. The molecule has 0 spiro atoms. The molecule has 0 bridgehead atoms. The Kier molecular flexibility index (Phi) is 8.95. The van der Waals surface area contributed by atoms with Crippen LogP contribution in [0, 0.1) is 12.8 Å². The van der Waals surface area contributed by atoms with Crippen LogP contribution in [0.25, 0.3) is 11.4 Å². The highest BCUT2D eigenvalue weighted by molar-refractivity contribution is 5.78. The molecule has 1 amide bonds. The normalized spacial score (nSPS) is 20.7. The highest BCUT2D eigenvalue weighted by atomic mass is 16.5. The first-order valence-corrected chi connectivity index (χ1v) is 12.7. The molecule has 3 unspecified atom stereocenters. The van der Waals surface area contributed by atoms with Crippen molar-refractivity contribution in [2.24, 2.45) is 5.92 Å². The molecule has 2 fully saturated rings. The zero-order chi connectivity index (χ0) is 25.5. The fourth-order valence-electron chi connectivity index (χ4n) is 4.82. The summed E-state index contributed by atoms with van der Waals surface area (Å²) in [5, 5.41) is 19.3. The Morgan fingerprint density at radius 3 is 2.81 bits per heavy atom. The smallest absolute Gasteiger partial charge is 0.222 e. The number of anilines is 2. The number of ether oxygens (including phenoxy) is 2. The average molecular weight is 499 g/mol. The van der Waals surface area contributed by atoms with Gasteiger partial charge >= 0.3 is 0 Å². The van der Waals surface area contributed by atoms with Crippen molar-refractivity contribution < 1.29 is 19.4 Å². The summed E-state index contributed by atoms with van der Waals surface area (Å²) < 4.78 is 11.4. The molecule has 2 heterocycles. The molecule has 196 valence electrons. The van der Waals surface area contributed by atoms with E-state index in [4.69, 9.17) is 19.4 Å². The molecule has 3 atom stereocenters. The maximum Gasteiger partial charge on any atom is 0.222 e. The maximum atomic E-state index is 12.1. The largest absolute Gasteiger partial charge is 0.491 e. The van der Waals surface area contributed by atoms with Crippen molar-refractivity contribution in [3.8, 4) is 17.1 Å². The van der Waals surface area contributed by atoms with Crippen LogP contribution in [0.5, 0.6) is 5.75 Å². The van der Waals surface area contributed by atoms with Crippen LogP contribution in [0.4, 0.5) is 11.6 Å². The van der Waals surface area contributed by atoms with Crippen molar-refractivity contribution in [3.63, 3.8) is 0 Å². The van der Waals surface area contributed by atoms with Crippen molar-refractivity contribution in [2.75, 3.05) is 63.8 Å². The summed E-state index contributed by atoms with van der Waals surface area (Å²) in [5.41, 5.74) is 1.83. The minimum atomic E-state index is -0.594. The number of rotatable bonds is 10. The van der Waals surface area contributed by atoms with Gasteiger partial charge in [0.15, 0.2) is 5.82 Å². The number of aliphatic hydroxyl groups excluding tert-OH is 1. The van der Waals surface area contributed by atoms with E-state index in [2.05, 4.69) is 20.9 Å². The second kappa shape index (κ2) is 12.3. The summed E-state index contributed by atoms with van der Waals surface area (Å²) >= 11 is 0. The van der Waals surface area contributed by atoms with Crippen molar-refractivity contribution in [2.45, 2.75) is 38.3 Å². The standard InChI is InChI=1S/C26H38N6O4/c1-17-23(29-20-8-7-19(13-20)26(34)28-3)30-24(31-25(17)32-9-11-35-12-10-32)18-5-4-6-22(14-18)36-16-21(33)15-27-2/h4-6,14,19-21,27,33H,7-13,15-16H2,1-3H3,(H,28,34)(H,29,30,31). The van der Waals surface area contributed by atoms with Gasteiger partial charge in [0.25, 0.3) is 0 Å². The molecule has 1 aliphatic carbocycles. The zero-order valence-electron chi connectivity index (χ0n) is 21.4. The summed E-state index contributed by atoms with van der Waals surface area (Å²) in [5.74, 6) is 3.07. The molecule has 1 saturated heterocycles. The number of nitrogens with zero attached hydrogens (tertiary/aromatic N) is 3. The van der Waals surface area contributed by atoms with E-state index in [-0.39, 0.29) is 24.5 Å². The third-order valence-corrected chi connectivity index (χ3v) is 6.80. The fraction of sp³-hybridized carbons (Fsp3) is 0.577. The van der Waals surface area contributed by atoms with Gasteiger partial charge in [0.05, 0.1) is 13.2 Å². The Labute approximate surface area is 212 Å². The number of morpholine rings is 1. The molecule has 1 saturated carbocycles. The second-order valence-electron chi connectivity index (χ2n) is 9.46. The SMILES string of the molecule is CNCC(O)COc1cccc(-c2nc(NC3CCC(C(=O)NC)C3)c(C)c(N3CCOCC3)n2)c1. The van der Waals surface area contributed by atoms with E-state index in [1.54, 1.807) is 14.1 Å². The number of likely N-dealkylation sites (N-methyl/N-ethyl adjacent to an activating group) is 1. The molecular formula is C26H38N6O4. The number of nitrogens with one attached hydrogen (secondary N) is 3. The van der Waals surface area contributed by atoms with E-state index < -0.39 is 6.10 Å². The molecule has 1 aromatic carbocycles. The lowest BCUT2D eigenvalue weighted by molar-refractivity contribution is -0.124. The number of carbonyl (C=O) groups excluding carboxylic acids is 1. The molecule has 10 heteroatoms. The highest BCUT2D eigenvalue weighted by Gasteiger charge is 2.30. The molecule has 36 heavy (non-hydrogen) atoms. The molecule has 1 aliphatic heterocycles. The number of aliphatic hydroxyl groups is 1. The molecule has 10 nitrogen and oxygen atoms in total. The van der Waals surface area contributed by atoms with Gasteiger partial charge in [-0.2, -0.15) is 0 Å². The van der Waals surface area contributed by atoms with Crippen molar-refractivity contribution in [3.05, 3.63) is 29.8 Å². The van der Waals surface area contributed by atoms with Gasteiger partial charge in [0.2, 0.25) is 5.91 Å². The van der Waals surface area contributed by atoms with Gasteiger partial charge in [-0.05, 0) is 45.4 Å². The third-order valence-electron chi connectivity index (χ3n) is 6.80. The van der Waals surface area contributed by atoms with E-state index in [0.717, 1.165) is 55.1 Å². The van der Waals surface area contributed by atoms with Gasteiger partial charge in [-0.25, -0.2) is 9.97 Å². The van der Waals surface area contributed by atoms with Crippen LogP contribution in [-0.4, -0.2) is 86.7 Å². The number of hydrogen-bond acceptors (Lipinski definition) is 9.